The molecule has 0 aliphatic rings. The number of sulfonamides is 1. The van der Waals surface area contributed by atoms with Gasteiger partial charge in [-0.15, -0.1) is 0 Å². The summed E-state index contributed by atoms with van der Waals surface area (Å²) in [6.07, 6.45) is -3.97. The van der Waals surface area contributed by atoms with Crippen LogP contribution >= 0.6 is 0 Å². The van der Waals surface area contributed by atoms with Gasteiger partial charge < -0.3 is 15.2 Å². The molecule has 2 rings (SSSR count). The lowest BCUT2D eigenvalue weighted by Crippen LogP contribution is -2.16. The highest BCUT2D eigenvalue weighted by Crippen LogP contribution is 2.37. The second kappa shape index (κ2) is 8.00. The van der Waals surface area contributed by atoms with E-state index in [-0.39, 0.29) is 11.1 Å². The first-order valence-corrected chi connectivity index (χ1v) is 8.27. The van der Waals surface area contributed by atoms with E-state index in [9.17, 15) is 13.2 Å². The number of anilines is 1. The van der Waals surface area contributed by atoms with Gasteiger partial charge in [0, 0.05) is 14.7 Å². The molecule has 2 aromatic carbocycles. The van der Waals surface area contributed by atoms with E-state index in [1.54, 1.807) is 6.07 Å². The second-order valence-electron chi connectivity index (χ2n) is 4.64. The average Bonchev–Trinajstić information content (AvgIpc) is 2.76. The van der Waals surface area contributed by atoms with Crippen LogP contribution in [0.5, 0.6) is 11.5 Å². The number of hydrogen-bond donors (Lipinski definition) is 3. The van der Waals surface area contributed by atoms with Crippen LogP contribution in [-0.2, 0) is 10.0 Å². The Morgan fingerprint density at radius 2 is 2.28 bits per heavy atom. The maximum atomic E-state index is 12.7. The Hall–Kier alpha value is -2.58. The number of carbonyl (C=O) groups is 1. The largest absolute Gasteiger partial charge is 0.478 e. The molecule has 25 heavy (non-hydrogen) atoms. The summed E-state index contributed by atoms with van der Waals surface area (Å²) < 4.78 is 107. The molecule has 7 nitrogen and oxygen atoms in total. The topological polar surface area (TPSA) is 119 Å². The predicted molar refractivity (Wildman–Crippen MR) is 94.7 cm³/mol. The first-order valence-electron chi connectivity index (χ1n) is 11.7. The van der Waals surface area contributed by atoms with Crippen LogP contribution in [-0.4, -0.2) is 26.0 Å². The number of rotatable bonds is 9. The van der Waals surface area contributed by atoms with E-state index in [1.165, 1.54) is 24.3 Å². The van der Waals surface area contributed by atoms with Gasteiger partial charge in [0.2, 0.25) is 10.0 Å². The third-order valence-corrected chi connectivity index (χ3v) is 3.77. The normalized spacial score (nSPS) is 19.2. The number of para-hydroxylation sites is 1. The van der Waals surface area contributed by atoms with Gasteiger partial charge in [-0.25, -0.2) is 18.3 Å². The Kier molecular flexibility index (Phi) is 2.95. The number of nitrogens with one attached hydrogen (secondary N) is 1. The zero-order chi connectivity index (χ0) is 26.8. The third-order valence-electron chi connectivity index (χ3n) is 2.91. The van der Waals surface area contributed by atoms with Crippen molar-refractivity contribution < 1.29 is 35.5 Å². The van der Waals surface area contributed by atoms with Gasteiger partial charge in [0.05, 0.1) is 11.3 Å². The van der Waals surface area contributed by atoms with Crippen LogP contribution in [0.15, 0.2) is 47.4 Å². The van der Waals surface area contributed by atoms with Crippen LogP contribution in [0.4, 0.5) is 5.69 Å². The second-order valence-corrected chi connectivity index (χ2v) is 6.03. The summed E-state index contributed by atoms with van der Waals surface area (Å²) in [5, 5.41) is 3.25. The van der Waals surface area contributed by atoms with Crippen molar-refractivity contribution in [1.82, 2.24) is 0 Å². The van der Waals surface area contributed by atoms with Crippen LogP contribution in [0.1, 0.15) is 38.2 Å². The summed E-state index contributed by atoms with van der Waals surface area (Å²) in [5.74, 6) is -2.15. The van der Waals surface area contributed by atoms with Crippen molar-refractivity contribution in [2.24, 2.45) is 5.13 Å². The lowest BCUT2D eigenvalue weighted by atomic mass is 10.1. The van der Waals surface area contributed by atoms with E-state index < -0.39 is 69.2 Å². The van der Waals surface area contributed by atoms with Gasteiger partial charge in [0.25, 0.3) is 1.43 Å². The minimum Gasteiger partial charge on any atom is -0.478 e. The highest BCUT2D eigenvalue weighted by Gasteiger charge is 2.23. The number of primary sulfonamides is 1. The van der Waals surface area contributed by atoms with E-state index in [0.29, 0.717) is 6.07 Å². The number of hydrogen-bond acceptors (Lipinski definition) is 6. The Bertz CT molecular complexity index is 1160. The Morgan fingerprint density at radius 1 is 1.48 bits per heavy atom. The van der Waals surface area contributed by atoms with Gasteiger partial charge >= 0.3 is 5.97 Å². The summed E-state index contributed by atoms with van der Waals surface area (Å²) in [6.45, 7) is -5.09. The lowest BCUT2D eigenvalue weighted by Gasteiger charge is -2.17. The van der Waals surface area contributed by atoms with Gasteiger partial charge in [0.15, 0.2) is 7.16 Å². The van der Waals surface area contributed by atoms with E-state index in [4.69, 9.17) is 18.6 Å². The number of carboxylic acid groups (broad SMARTS) is 1. The van der Waals surface area contributed by atoms with E-state index in [1.807, 2.05) is 0 Å². The molecule has 0 radical (unpaired) electrons. The summed E-state index contributed by atoms with van der Waals surface area (Å²) >= 11 is 0. The highest BCUT2D eigenvalue weighted by atomic mass is 32.2. The molecule has 1 atom stereocenters. The Morgan fingerprint density at radius 3 is 2.96 bits per heavy atom. The molecule has 0 heterocycles. The quantitative estimate of drug-likeness (QED) is 0.621. The van der Waals surface area contributed by atoms with Gasteiger partial charge in [-0.2, -0.15) is 0 Å². The van der Waals surface area contributed by atoms with Gasteiger partial charge in [0.1, 0.15) is 13.5 Å². The Labute approximate surface area is 160 Å². The van der Waals surface area contributed by atoms with Crippen molar-refractivity contribution in [3.8, 4) is 11.5 Å². The SMILES string of the molecule is [2H]OC(=O)c1cc(N([2H])C([2H])C([2H])([2H])CC([2H])([2H])[2H])c(Oc2ccccc2)c(S(=O)(=O)N([2H])[2H])c1. The van der Waals surface area contributed by atoms with Gasteiger partial charge in [-0.05, 0) is 30.6 Å². The average molecular weight is 374 g/mol. The maximum absolute atomic E-state index is 12.7. The molecule has 8 heteroatoms. The first-order chi connectivity index (χ1) is 16.0. The molecular weight excluding hydrogens is 344 g/mol. The van der Waals surface area contributed by atoms with Gasteiger partial charge in [-0.1, -0.05) is 31.5 Å². The molecule has 0 spiro atoms. The summed E-state index contributed by atoms with van der Waals surface area (Å²) in [4.78, 5) is 11.0. The van der Waals surface area contributed by atoms with E-state index in [0.717, 1.165) is 6.07 Å². The molecule has 0 aromatic heterocycles. The van der Waals surface area contributed by atoms with Crippen molar-refractivity contribution in [2.45, 2.75) is 24.5 Å². The molecule has 0 bridgehead atoms. The van der Waals surface area contributed by atoms with Crippen LogP contribution in [0.2, 0.25) is 4.24 Å². The smallest absolute Gasteiger partial charge is 0.335 e. The molecule has 0 aliphatic carbocycles. The van der Waals surface area contributed by atoms with Crippen molar-refractivity contribution in [1.29, 1.82) is 1.43 Å². The molecule has 0 saturated carbocycles. The maximum Gasteiger partial charge on any atom is 0.335 e. The molecule has 0 amide bonds. The van der Waals surface area contributed by atoms with Crippen LogP contribution in [0.25, 0.3) is 1.43 Å². The van der Waals surface area contributed by atoms with E-state index in [2.05, 4.69) is 5.11 Å². The Balaban J connectivity index is 2.83. The highest BCUT2D eigenvalue weighted by molar-refractivity contribution is 7.89. The molecule has 0 fully saturated rings. The molecular formula is C17H20N2O5S. The first kappa shape index (κ1) is 9.21. The molecule has 134 valence electrons. The van der Waals surface area contributed by atoms with E-state index >= 15 is 0 Å². The zero-order valence-electron chi connectivity index (χ0n) is 22.7. The number of aromatic carboxylic acids is 1. The fourth-order valence-electron chi connectivity index (χ4n) is 1.86. The molecule has 0 saturated heterocycles. The van der Waals surface area contributed by atoms with Crippen LogP contribution < -0.4 is 15.2 Å². The summed E-state index contributed by atoms with van der Waals surface area (Å²) in [5.41, 5.74) is -1.36. The minimum atomic E-state index is -5.02. The number of benzene rings is 2. The van der Waals surface area contributed by atoms with Crippen molar-refractivity contribution in [3.05, 3.63) is 48.0 Å². The monoisotopic (exact) mass is 374 g/mol. The lowest BCUT2D eigenvalue weighted by molar-refractivity contribution is 0.0696. The van der Waals surface area contributed by atoms with Crippen molar-refractivity contribution in [2.75, 3.05) is 11.8 Å². The molecule has 2 aromatic rings. The number of carboxylic acids is 1. The zero-order valence-corrected chi connectivity index (χ0v) is 13.5. The number of nitrogens with two attached hydrogens (primary N) is 1. The predicted octanol–water partition coefficient (Wildman–Crippen LogP) is 3.04. The molecule has 1 unspecified atom stereocenters. The standard InChI is InChI=1S/C17H20N2O5S/c1-2-3-9-19-14-10-12(17(20)21)11-15(25(18,22)23)16(14)24-13-7-5-4-6-8-13/h4-8,10-11,19H,2-3,9H2,1H3,(H,20,21)(H2,18,22,23)/i1D3,3D2,9D/hD4. The van der Waals surface area contributed by atoms with Crippen molar-refractivity contribution >= 4 is 21.7 Å². The summed E-state index contributed by atoms with van der Waals surface area (Å²) in [7, 11) is -5.02. The van der Waals surface area contributed by atoms with Crippen LogP contribution in [0.3, 0.4) is 0 Å². The van der Waals surface area contributed by atoms with Gasteiger partial charge in [-0.3, -0.25) is 0 Å². The number of ether oxygens (including phenoxy) is 1. The third kappa shape index (κ3) is 4.94. The summed E-state index contributed by atoms with van der Waals surface area (Å²) in [6, 6.07) is 8.81. The fraction of sp³-hybridized carbons (Fsp3) is 0.235. The van der Waals surface area contributed by atoms with Crippen molar-refractivity contribution in [3.63, 3.8) is 0 Å². The van der Waals surface area contributed by atoms with Crippen LogP contribution in [0, 0.1) is 0 Å². The fourth-order valence-corrected chi connectivity index (χ4v) is 2.52. The minimum absolute atomic E-state index is 0.00274. The molecule has 4 N–H and O–H groups in total. The molecule has 0 aliphatic heterocycles.